The Labute approximate surface area is 105 Å². The first-order valence-corrected chi connectivity index (χ1v) is 6.35. The van der Waals surface area contributed by atoms with Gasteiger partial charge in [-0.05, 0) is 40.7 Å². The monoisotopic (exact) mass is 244 g/mol. The molecule has 0 bridgehead atoms. The van der Waals surface area contributed by atoms with Gasteiger partial charge in [-0.2, -0.15) is 0 Å². The van der Waals surface area contributed by atoms with Crippen molar-refractivity contribution in [2.75, 3.05) is 19.6 Å². The van der Waals surface area contributed by atoms with Gasteiger partial charge < -0.3 is 10.4 Å². The van der Waals surface area contributed by atoms with E-state index in [9.17, 15) is 9.90 Å². The van der Waals surface area contributed by atoms with Crippen LogP contribution in [0.1, 0.15) is 48.0 Å². The molecular weight excluding hydrogens is 216 g/mol. The summed E-state index contributed by atoms with van der Waals surface area (Å²) in [6, 6.07) is 0. The molecule has 0 saturated heterocycles. The average Bonchev–Trinajstić information content (AvgIpc) is 2.13. The molecule has 0 saturated carbocycles. The fourth-order valence-corrected chi connectivity index (χ4v) is 1.54. The van der Waals surface area contributed by atoms with E-state index in [0.717, 1.165) is 13.0 Å². The molecule has 0 aliphatic heterocycles. The number of hydrogen-bond acceptors (Lipinski definition) is 3. The van der Waals surface area contributed by atoms with Crippen molar-refractivity contribution in [2.45, 2.75) is 59.1 Å². The van der Waals surface area contributed by atoms with Gasteiger partial charge >= 0.3 is 0 Å². The quantitative estimate of drug-likeness (QED) is 0.711. The van der Waals surface area contributed by atoms with Gasteiger partial charge in [0.25, 0.3) is 0 Å². The zero-order valence-corrected chi connectivity index (χ0v) is 12.1. The normalized spacial score (nSPS) is 12.9. The predicted octanol–water partition coefficient (Wildman–Crippen LogP) is 1.38. The predicted molar refractivity (Wildman–Crippen MR) is 70.9 cm³/mol. The Morgan fingerprint density at radius 2 is 1.76 bits per heavy atom. The van der Waals surface area contributed by atoms with Crippen LogP contribution in [0.3, 0.4) is 0 Å². The summed E-state index contributed by atoms with van der Waals surface area (Å²) >= 11 is 0. The molecule has 0 radical (unpaired) electrons. The van der Waals surface area contributed by atoms with Gasteiger partial charge in [0, 0.05) is 12.1 Å². The summed E-state index contributed by atoms with van der Waals surface area (Å²) in [5.41, 5.74) is -0.929. The van der Waals surface area contributed by atoms with E-state index < -0.39 is 5.60 Å². The molecule has 0 aliphatic carbocycles. The Kier molecular flexibility index (Phi) is 6.13. The Bertz CT molecular complexity index is 244. The second-order valence-electron chi connectivity index (χ2n) is 5.90. The molecule has 2 N–H and O–H groups in total. The smallest absolute Gasteiger partial charge is 0.234 e. The van der Waals surface area contributed by atoms with E-state index in [0.29, 0.717) is 13.1 Å². The third kappa shape index (κ3) is 8.16. The van der Waals surface area contributed by atoms with E-state index in [1.54, 1.807) is 13.8 Å². The highest BCUT2D eigenvalue weighted by atomic mass is 16.3. The fraction of sp³-hybridized carbons (Fsp3) is 0.923. The van der Waals surface area contributed by atoms with Crippen LogP contribution in [-0.2, 0) is 4.79 Å². The molecule has 17 heavy (non-hydrogen) atoms. The van der Waals surface area contributed by atoms with E-state index in [-0.39, 0.29) is 11.4 Å². The van der Waals surface area contributed by atoms with Gasteiger partial charge in [0.15, 0.2) is 0 Å². The fourth-order valence-electron chi connectivity index (χ4n) is 1.54. The molecule has 102 valence electrons. The van der Waals surface area contributed by atoms with Crippen LogP contribution >= 0.6 is 0 Å². The molecule has 1 amide bonds. The minimum absolute atomic E-state index is 0.0166. The highest BCUT2D eigenvalue weighted by Crippen LogP contribution is 2.08. The van der Waals surface area contributed by atoms with Gasteiger partial charge in [-0.25, -0.2) is 0 Å². The van der Waals surface area contributed by atoms with Crippen molar-refractivity contribution in [3.8, 4) is 0 Å². The standard InChI is InChI=1S/C13H28N2O2/c1-7-12(3,4)14-11(16)9-15(8-2)10-13(5,6)17/h17H,7-10H2,1-6H3,(H,14,16). The van der Waals surface area contributed by atoms with E-state index in [1.165, 1.54) is 0 Å². The van der Waals surface area contributed by atoms with Crippen molar-refractivity contribution >= 4 is 5.91 Å². The van der Waals surface area contributed by atoms with Gasteiger partial charge in [0.2, 0.25) is 5.91 Å². The summed E-state index contributed by atoms with van der Waals surface area (Å²) in [6.45, 7) is 13.2. The van der Waals surface area contributed by atoms with Gasteiger partial charge in [0.05, 0.1) is 12.1 Å². The first-order chi connectivity index (χ1) is 7.59. The number of carbonyl (C=O) groups is 1. The third-order valence-electron chi connectivity index (χ3n) is 2.79. The maximum atomic E-state index is 11.8. The Morgan fingerprint density at radius 3 is 2.12 bits per heavy atom. The van der Waals surface area contributed by atoms with Crippen molar-refractivity contribution in [1.29, 1.82) is 0 Å². The number of aliphatic hydroxyl groups is 1. The van der Waals surface area contributed by atoms with Crippen molar-refractivity contribution in [1.82, 2.24) is 10.2 Å². The van der Waals surface area contributed by atoms with Gasteiger partial charge in [-0.15, -0.1) is 0 Å². The molecule has 4 nitrogen and oxygen atoms in total. The second-order valence-corrected chi connectivity index (χ2v) is 5.90. The molecule has 0 aromatic heterocycles. The maximum Gasteiger partial charge on any atom is 0.234 e. The average molecular weight is 244 g/mol. The lowest BCUT2D eigenvalue weighted by atomic mass is 10.0. The molecule has 0 heterocycles. The van der Waals surface area contributed by atoms with Crippen LogP contribution in [0, 0.1) is 0 Å². The number of nitrogens with one attached hydrogen (secondary N) is 1. The topological polar surface area (TPSA) is 52.6 Å². The lowest BCUT2D eigenvalue weighted by Gasteiger charge is -2.30. The largest absolute Gasteiger partial charge is 0.389 e. The van der Waals surface area contributed by atoms with E-state index in [2.05, 4.69) is 12.2 Å². The molecule has 0 atom stereocenters. The Morgan fingerprint density at radius 1 is 1.24 bits per heavy atom. The number of rotatable bonds is 7. The summed E-state index contributed by atoms with van der Waals surface area (Å²) in [5.74, 6) is 0.0166. The lowest BCUT2D eigenvalue weighted by molar-refractivity contribution is -0.124. The molecular formula is C13H28N2O2. The lowest BCUT2D eigenvalue weighted by Crippen LogP contribution is -2.49. The van der Waals surface area contributed by atoms with Gasteiger partial charge in [-0.1, -0.05) is 13.8 Å². The molecule has 0 aromatic rings. The number of hydrogen-bond donors (Lipinski definition) is 2. The van der Waals surface area contributed by atoms with E-state index in [4.69, 9.17) is 0 Å². The number of amides is 1. The Balaban J connectivity index is 4.25. The number of likely N-dealkylation sites (N-methyl/N-ethyl adjacent to an activating group) is 1. The van der Waals surface area contributed by atoms with Crippen LogP contribution in [0.2, 0.25) is 0 Å². The highest BCUT2D eigenvalue weighted by molar-refractivity contribution is 5.78. The van der Waals surface area contributed by atoms with Crippen LogP contribution in [-0.4, -0.2) is 46.7 Å². The minimum atomic E-state index is -0.767. The van der Waals surface area contributed by atoms with Crippen molar-refractivity contribution < 1.29 is 9.90 Å². The Hall–Kier alpha value is -0.610. The number of nitrogens with zero attached hydrogens (tertiary/aromatic N) is 1. The van der Waals surface area contributed by atoms with Crippen LogP contribution in [0.25, 0.3) is 0 Å². The molecule has 0 fully saturated rings. The van der Waals surface area contributed by atoms with Gasteiger partial charge in [-0.3, -0.25) is 9.69 Å². The molecule has 0 aliphatic rings. The third-order valence-corrected chi connectivity index (χ3v) is 2.79. The van der Waals surface area contributed by atoms with Crippen LogP contribution in [0.15, 0.2) is 0 Å². The van der Waals surface area contributed by atoms with Crippen LogP contribution in [0.5, 0.6) is 0 Å². The zero-order valence-electron chi connectivity index (χ0n) is 12.1. The molecule has 0 rings (SSSR count). The van der Waals surface area contributed by atoms with E-state index >= 15 is 0 Å². The maximum absolute atomic E-state index is 11.8. The number of carbonyl (C=O) groups excluding carboxylic acids is 1. The summed E-state index contributed by atoms with van der Waals surface area (Å²) in [5, 5.41) is 12.7. The molecule has 0 aromatic carbocycles. The zero-order chi connectivity index (χ0) is 13.7. The van der Waals surface area contributed by atoms with Gasteiger partial charge in [0.1, 0.15) is 0 Å². The molecule has 4 heteroatoms. The van der Waals surface area contributed by atoms with E-state index in [1.807, 2.05) is 25.7 Å². The summed E-state index contributed by atoms with van der Waals surface area (Å²) in [4.78, 5) is 13.8. The molecule has 0 spiro atoms. The minimum Gasteiger partial charge on any atom is -0.389 e. The molecule has 0 unspecified atom stereocenters. The van der Waals surface area contributed by atoms with Crippen LogP contribution < -0.4 is 5.32 Å². The summed E-state index contributed by atoms with van der Waals surface area (Å²) in [7, 11) is 0. The first kappa shape index (κ1) is 16.4. The highest BCUT2D eigenvalue weighted by Gasteiger charge is 2.22. The summed E-state index contributed by atoms with van der Waals surface area (Å²) in [6.07, 6.45) is 0.899. The summed E-state index contributed by atoms with van der Waals surface area (Å²) < 4.78 is 0. The first-order valence-electron chi connectivity index (χ1n) is 6.35. The van der Waals surface area contributed by atoms with Crippen molar-refractivity contribution in [2.24, 2.45) is 0 Å². The van der Waals surface area contributed by atoms with Crippen LogP contribution in [0.4, 0.5) is 0 Å². The second kappa shape index (κ2) is 6.36. The van der Waals surface area contributed by atoms with Crippen molar-refractivity contribution in [3.63, 3.8) is 0 Å². The SMILES string of the molecule is CCN(CC(=O)NC(C)(C)CC)CC(C)(C)O. The van der Waals surface area contributed by atoms with Crippen molar-refractivity contribution in [3.05, 3.63) is 0 Å².